The molecule has 4 rings (SSSR count). The van der Waals surface area contributed by atoms with Crippen LogP contribution in [0.2, 0.25) is 5.02 Å². The molecule has 7 nitrogen and oxygen atoms in total. The van der Waals surface area contributed by atoms with Crippen LogP contribution in [0.1, 0.15) is 33.1 Å². The molecule has 1 aromatic rings. The third-order valence-electron chi connectivity index (χ3n) is 6.99. The van der Waals surface area contributed by atoms with E-state index in [4.69, 9.17) is 11.6 Å². The van der Waals surface area contributed by atoms with E-state index in [1.54, 1.807) is 48.0 Å². The van der Waals surface area contributed by atoms with Crippen molar-refractivity contribution >= 4 is 46.8 Å². The van der Waals surface area contributed by atoms with Crippen LogP contribution in [-0.4, -0.2) is 63.5 Å². The number of halogens is 1. The molecule has 3 N–H and O–H groups in total. The van der Waals surface area contributed by atoms with Gasteiger partial charge in [0, 0.05) is 23.0 Å². The molecule has 3 aliphatic rings. The predicted octanol–water partition coefficient (Wildman–Crippen LogP) is 2.52. The number of likely N-dealkylation sites (tertiary alicyclic amines) is 1. The second-order valence-corrected chi connectivity index (χ2v) is 11.4. The second kappa shape index (κ2) is 8.88. The number of carbonyl (C=O) groups excluding carboxylic acids is 3. The van der Waals surface area contributed by atoms with Gasteiger partial charge in [-0.2, -0.15) is 0 Å². The zero-order valence-electron chi connectivity index (χ0n) is 18.5. The summed E-state index contributed by atoms with van der Waals surface area (Å²) in [7, 11) is 1.59. The predicted molar refractivity (Wildman–Crippen MR) is 125 cm³/mol. The first-order chi connectivity index (χ1) is 15.2. The molecule has 3 aliphatic heterocycles. The average Bonchev–Trinajstić information content (AvgIpc) is 3.40. The molecular weight excluding hydrogens is 450 g/mol. The smallest absolute Gasteiger partial charge is 0.248 e. The van der Waals surface area contributed by atoms with Gasteiger partial charge in [0.25, 0.3) is 0 Å². The number of benzene rings is 1. The molecule has 0 aliphatic carbocycles. The van der Waals surface area contributed by atoms with Gasteiger partial charge in [0.1, 0.15) is 6.04 Å². The first-order valence-corrected chi connectivity index (χ1v) is 12.4. The molecule has 3 amide bonds. The third-order valence-corrected chi connectivity index (χ3v) is 9.20. The molecule has 2 bridgehead atoms. The molecule has 3 saturated heterocycles. The number of aliphatic hydroxyl groups is 1. The van der Waals surface area contributed by atoms with Crippen molar-refractivity contribution in [3.8, 4) is 0 Å². The minimum Gasteiger partial charge on any atom is -0.394 e. The summed E-state index contributed by atoms with van der Waals surface area (Å²) in [5.41, 5.74) is 0.594. The van der Waals surface area contributed by atoms with Crippen LogP contribution < -0.4 is 10.6 Å². The number of amides is 3. The van der Waals surface area contributed by atoms with Crippen LogP contribution in [0, 0.1) is 17.8 Å². The molecule has 0 aromatic heterocycles. The summed E-state index contributed by atoms with van der Waals surface area (Å²) in [5.74, 6) is -1.41. The Balaban J connectivity index is 1.74. The molecule has 0 radical (unpaired) electrons. The lowest BCUT2D eigenvalue weighted by Gasteiger charge is -2.37. The summed E-state index contributed by atoms with van der Waals surface area (Å²) >= 11 is 7.59. The van der Waals surface area contributed by atoms with Crippen LogP contribution in [0.4, 0.5) is 5.69 Å². The van der Waals surface area contributed by atoms with Gasteiger partial charge >= 0.3 is 0 Å². The quantitative estimate of drug-likeness (QED) is 0.558. The fourth-order valence-corrected chi connectivity index (χ4v) is 8.15. The van der Waals surface area contributed by atoms with Crippen molar-refractivity contribution in [1.82, 2.24) is 10.2 Å². The lowest BCUT2D eigenvalue weighted by molar-refractivity contribution is -0.142. The lowest BCUT2D eigenvalue weighted by Crippen LogP contribution is -2.55. The molecule has 2 unspecified atom stereocenters. The molecule has 9 heteroatoms. The first kappa shape index (κ1) is 23.4. The highest BCUT2D eigenvalue weighted by atomic mass is 35.5. The van der Waals surface area contributed by atoms with Gasteiger partial charge < -0.3 is 20.6 Å². The second-order valence-electron chi connectivity index (χ2n) is 9.38. The Bertz CT molecular complexity index is 911. The van der Waals surface area contributed by atoms with Crippen LogP contribution in [0.3, 0.4) is 0 Å². The third kappa shape index (κ3) is 3.70. The van der Waals surface area contributed by atoms with Gasteiger partial charge in [-0.05, 0) is 49.4 Å². The van der Waals surface area contributed by atoms with Crippen molar-refractivity contribution in [2.45, 2.75) is 55.2 Å². The number of aliphatic hydroxyl groups excluding tert-OH is 1. The molecule has 0 saturated carbocycles. The normalized spacial score (nSPS) is 31.7. The SMILES string of the molecule is CNC(=O)[C@@H]1[C@@H]2CCC3(S2)C(C(=O)Nc2ccc(Cl)cc2)N([C@@H](CO)CC(C)C)C(=O)[C@H]13. The molecule has 3 fully saturated rings. The van der Waals surface area contributed by atoms with Crippen LogP contribution in [0.15, 0.2) is 24.3 Å². The Morgan fingerprint density at radius 1 is 1.28 bits per heavy atom. The number of hydrogen-bond acceptors (Lipinski definition) is 5. The van der Waals surface area contributed by atoms with Gasteiger partial charge in [-0.3, -0.25) is 14.4 Å². The van der Waals surface area contributed by atoms with E-state index in [-0.39, 0.29) is 35.5 Å². The maximum atomic E-state index is 13.8. The van der Waals surface area contributed by atoms with Crippen molar-refractivity contribution in [2.24, 2.45) is 17.8 Å². The highest BCUT2D eigenvalue weighted by Gasteiger charge is 2.74. The Morgan fingerprint density at radius 2 is 1.97 bits per heavy atom. The minimum absolute atomic E-state index is 0.0227. The fourth-order valence-electron chi connectivity index (χ4n) is 5.81. The number of thioether (sulfide) groups is 1. The van der Waals surface area contributed by atoms with E-state index in [1.165, 1.54) is 0 Å². The fraction of sp³-hybridized carbons (Fsp3) is 0.609. The van der Waals surface area contributed by atoms with Gasteiger partial charge in [0.15, 0.2) is 0 Å². The topological polar surface area (TPSA) is 98.7 Å². The van der Waals surface area contributed by atoms with Crippen molar-refractivity contribution in [1.29, 1.82) is 0 Å². The van der Waals surface area contributed by atoms with Crippen LogP contribution >= 0.6 is 23.4 Å². The Labute approximate surface area is 197 Å². The van der Waals surface area contributed by atoms with Crippen molar-refractivity contribution < 1.29 is 19.5 Å². The van der Waals surface area contributed by atoms with Gasteiger partial charge in [0.2, 0.25) is 17.7 Å². The molecule has 1 aromatic carbocycles. The summed E-state index contributed by atoms with van der Waals surface area (Å²) in [5, 5.41) is 16.5. The number of nitrogens with zero attached hydrogens (tertiary/aromatic N) is 1. The largest absolute Gasteiger partial charge is 0.394 e. The average molecular weight is 480 g/mol. The number of rotatable bonds is 7. The highest BCUT2D eigenvalue weighted by molar-refractivity contribution is 8.02. The standard InChI is InChI=1S/C23H30ClN3O4S/c1-12(2)10-15(11-28)27-19(21(30)26-14-6-4-13(24)5-7-14)23-9-8-16(32-23)17(20(29)25-3)18(23)22(27)31/h4-7,12,15-19,28H,8-11H2,1-3H3,(H,25,29)(H,26,30)/t15-,16+,17-,18+,19?,23?/m1/s1. The first-order valence-electron chi connectivity index (χ1n) is 11.1. The van der Waals surface area contributed by atoms with E-state index < -0.39 is 28.7 Å². The van der Waals surface area contributed by atoms with Crippen LogP contribution in [0.25, 0.3) is 0 Å². The van der Waals surface area contributed by atoms with Crippen LogP contribution in [0.5, 0.6) is 0 Å². The molecule has 1 spiro atoms. The number of fused-ring (bicyclic) bond motifs is 1. The summed E-state index contributed by atoms with van der Waals surface area (Å²) in [4.78, 5) is 41.9. The lowest BCUT2D eigenvalue weighted by atomic mass is 9.70. The number of carbonyl (C=O) groups is 3. The maximum Gasteiger partial charge on any atom is 0.248 e. The van der Waals surface area contributed by atoms with E-state index >= 15 is 0 Å². The summed E-state index contributed by atoms with van der Waals surface area (Å²) in [6.45, 7) is 3.83. The summed E-state index contributed by atoms with van der Waals surface area (Å²) in [6.07, 6.45) is 2.06. The number of anilines is 1. The number of hydrogen-bond donors (Lipinski definition) is 3. The molecule has 32 heavy (non-hydrogen) atoms. The van der Waals surface area contributed by atoms with E-state index in [1.807, 2.05) is 13.8 Å². The van der Waals surface area contributed by atoms with E-state index in [0.29, 0.717) is 23.6 Å². The Kier molecular flexibility index (Phi) is 6.49. The zero-order chi connectivity index (χ0) is 23.2. The van der Waals surface area contributed by atoms with Gasteiger partial charge in [-0.1, -0.05) is 25.4 Å². The zero-order valence-corrected chi connectivity index (χ0v) is 20.1. The Hall–Kier alpha value is -1.77. The van der Waals surface area contributed by atoms with Gasteiger partial charge in [-0.25, -0.2) is 0 Å². The van der Waals surface area contributed by atoms with E-state index in [0.717, 1.165) is 6.42 Å². The van der Waals surface area contributed by atoms with Crippen molar-refractivity contribution in [3.05, 3.63) is 29.3 Å². The van der Waals surface area contributed by atoms with Crippen molar-refractivity contribution in [2.75, 3.05) is 19.0 Å². The van der Waals surface area contributed by atoms with Gasteiger partial charge in [0.05, 0.1) is 29.2 Å². The summed E-state index contributed by atoms with van der Waals surface area (Å²) < 4.78 is -0.667. The molecule has 6 atom stereocenters. The van der Waals surface area contributed by atoms with Gasteiger partial charge in [-0.15, -0.1) is 11.8 Å². The van der Waals surface area contributed by atoms with E-state index in [2.05, 4.69) is 10.6 Å². The molecular formula is C23H30ClN3O4S. The monoisotopic (exact) mass is 479 g/mol. The van der Waals surface area contributed by atoms with Crippen molar-refractivity contribution in [3.63, 3.8) is 0 Å². The molecule has 3 heterocycles. The summed E-state index contributed by atoms with van der Waals surface area (Å²) in [6, 6.07) is 5.61. The van der Waals surface area contributed by atoms with E-state index in [9.17, 15) is 19.5 Å². The number of nitrogens with one attached hydrogen (secondary N) is 2. The Morgan fingerprint density at radius 3 is 2.56 bits per heavy atom. The highest BCUT2D eigenvalue weighted by Crippen LogP contribution is 2.66. The maximum absolute atomic E-state index is 13.8. The van der Waals surface area contributed by atoms with Crippen LogP contribution in [-0.2, 0) is 14.4 Å². The molecule has 174 valence electrons. The minimum atomic E-state index is -0.753.